The first-order chi connectivity index (χ1) is 10.1. The largest absolute Gasteiger partial charge is 0.339 e. The summed E-state index contributed by atoms with van der Waals surface area (Å²) >= 11 is 0. The smallest absolute Gasteiger partial charge is 0.225 e. The summed E-state index contributed by atoms with van der Waals surface area (Å²) < 4.78 is 0. The molecule has 0 spiro atoms. The highest BCUT2D eigenvalue weighted by atomic mass is 15.3. The molecule has 0 amide bonds. The predicted molar refractivity (Wildman–Crippen MR) is 89.0 cm³/mol. The Labute approximate surface area is 129 Å². The molecule has 0 radical (unpaired) electrons. The number of rotatable bonds is 7. The number of aromatic nitrogens is 2. The molecule has 21 heavy (non-hydrogen) atoms. The van der Waals surface area contributed by atoms with Crippen LogP contribution in [0.15, 0.2) is 6.07 Å². The first-order valence-electron chi connectivity index (χ1n) is 8.44. The van der Waals surface area contributed by atoms with Gasteiger partial charge in [0.2, 0.25) is 5.95 Å². The van der Waals surface area contributed by atoms with Gasteiger partial charge in [-0.25, -0.2) is 9.97 Å². The van der Waals surface area contributed by atoms with Crippen molar-refractivity contribution in [3.8, 4) is 0 Å². The number of nitrogens with one attached hydrogen (secondary N) is 1. The van der Waals surface area contributed by atoms with Gasteiger partial charge < -0.3 is 10.2 Å². The lowest BCUT2D eigenvalue weighted by Crippen LogP contribution is -2.39. The molecule has 1 N–H and O–H groups in total. The lowest BCUT2D eigenvalue weighted by atomic mass is 10.1. The van der Waals surface area contributed by atoms with Gasteiger partial charge in [-0.3, -0.25) is 0 Å². The van der Waals surface area contributed by atoms with E-state index in [4.69, 9.17) is 9.97 Å². The van der Waals surface area contributed by atoms with Crippen LogP contribution in [-0.4, -0.2) is 35.6 Å². The molecule has 4 nitrogen and oxygen atoms in total. The van der Waals surface area contributed by atoms with E-state index in [1.165, 1.54) is 25.7 Å². The fourth-order valence-corrected chi connectivity index (χ4v) is 2.81. The molecule has 1 atom stereocenters. The molecule has 1 saturated heterocycles. The minimum absolute atomic E-state index is 0.447. The zero-order valence-electron chi connectivity index (χ0n) is 14.0. The predicted octanol–water partition coefficient (Wildman–Crippen LogP) is 3.27. The number of hydrogen-bond donors (Lipinski definition) is 1. The van der Waals surface area contributed by atoms with Crippen LogP contribution in [0.25, 0.3) is 0 Å². The van der Waals surface area contributed by atoms with Gasteiger partial charge in [-0.05, 0) is 44.7 Å². The lowest BCUT2D eigenvalue weighted by Gasteiger charge is -2.26. The summed E-state index contributed by atoms with van der Waals surface area (Å²) in [4.78, 5) is 11.9. The van der Waals surface area contributed by atoms with E-state index in [1.54, 1.807) is 0 Å². The van der Waals surface area contributed by atoms with Gasteiger partial charge in [0.05, 0.1) is 0 Å². The summed E-state index contributed by atoms with van der Waals surface area (Å²) in [6.45, 7) is 11.9. The van der Waals surface area contributed by atoms with E-state index >= 15 is 0 Å². The second-order valence-corrected chi connectivity index (χ2v) is 6.48. The molecule has 1 aliphatic rings. The zero-order chi connectivity index (χ0) is 15.2. The maximum atomic E-state index is 4.82. The number of hydrogen-bond acceptors (Lipinski definition) is 4. The first kappa shape index (κ1) is 16.2. The van der Waals surface area contributed by atoms with Crippen LogP contribution >= 0.6 is 0 Å². The van der Waals surface area contributed by atoms with Crippen LogP contribution in [0.2, 0.25) is 0 Å². The molecule has 1 aliphatic heterocycles. The molecule has 0 aromatic carbocycles. The average Bonchev–Trinajstić information content (AvgIpc) is 2.95. The van der Waals surface area contributed by atoms with Crippen molar-refractivity contribution in [2.75, 3.05) is 24.5 Å². The van der Waals surface area contributed by atoms with Crippen molar-refractivity contribution in [2.24, 2.45) is 0 Å². The van der Waals surface area contributed by atoms with E-state index < -0.39 is 0 Å². The number of unbranched alkanes of at least 4 members (excludes halogenated alkanes) is 1. The van der Waals surface area contributed by atoms with E-state index in [-0.39, 0.29) is 0 Å². The van der Waals surface area contributed by atoms with Gasteiger partial charge in [0.25, 0.3) is 0 Å². The summed E-state index contributed by atoms with van der Waals surface area (Å²) in [5, 5.41) is 3.59. The second kappa shape index (κ2) is 7.74. The SMILES string of the molecule is CCCCN(CC1CCCN1)c1nc(C)cc(C(C)C)n1. The van der Waals surface area contributed by atoms with Gasteiger partial charge in [0.15, 0.2) is 0 Å². The Morgan fingerprint density at radius 1 is 1.38 bits per heavy atom. The van der Waals surface area contributed by atoms with Crippen LogP contribution in [0.3, 0.4) is 0 Å². The van der Waals surface area contributed by atoms with Gasteiger partial charge in [0, 0.05) is 30.5 Å². The van der Waals surface area contributed by atoms with Gasteiger partial charge in [0.1, 0.15) is 0 Å². The Bertz CT molecular complexity index is 438. The normalized spacial score (nSPS) is 18.4. The summed E-state index contributed by atoms with van der Waals surface area (Å²) in [6, 6.07) is 2.70. The topological polar surface area (TPSA) is 41.0 Å². The van der Waals surface area contributed by atoms with Crippen LogP contribution in [0.1, 0.15) is 63.8 Å². The molecule has 0 saturated carbocycles. The zero-order valence-corrected chi connectivity index (χ0v) is 14.0. The van der Waals surface area contributed by atoms with Crippen molar-refractivity contribution < 1.29 is 0 Å². The van der Waals surface area contributed by atoms with Crippen molar-refractivity contribution >= 4 is 5.95 Å². The third kappa shape index (κ3) is 4.67. The Morgan fingerprint density at radius 3 is 2.81 bits per heavy atom. The number of anilines is 1. The van der Waals surface area contributed by atoms with Crippen LogP contribution in [0, 0.1) is 6.92 Å². The summed E-state index contributed by atoms with van der Waals surface area (Å²) in [5.41, 5.74) is 2.22. The van der Waals surface area contributed by atoms with E-state index in [9.17, 15) is 0 Å². The molecule has 1 fully saturated rings. The van der Waals surface area contributed by atoms with Crippen molar-refractivity contribution in [2.45, 2.75) is 65.3 Å². The highest BCUT2D eigenvalue weighted by Gasteiger charge is 2.20. The molecule has 0 bridgehead atoms. The molecule has 2 rings (SSSR count). The Kier molecular flexibility index (Phi) is 5.97. The van der Waals surface area contributed by atoms with E-state index in [0.717, 1.165) is 37.0 Å². The third-order valence-corrected chi connectivity index (χ3v) is 4.12. The molecule has 118 valence electrons. The summed E-state index contributed by atoms with van der Waals surface area (Å²) in [6.07, 6.45) is 4.96. The molecular formula is C17H30N4. The monoisotopic (exact) mass is 290 g/mol. The summed E-state index contributed by atoms with van der Waals surface area (Å²) in [5.74, 6) is 1.36. The number of nitrogens with zero attached hydrogens (tertiary/aromatic N) is 3. The molecule has 0 aliphatic carbocycles. The minimum atomic E-state index is 0.447. The summed E-state index contributed by atoms with van der Waals surface area (Å²) in [7, 11) is 0. The number of aryl methyl sites for hydroxylation is 1. The van der Waals surface area contributed by atoms with Crippen molar-refractivity contribution in [3.05, 3.63) is 17.5 Å². The van der Waals surface area contributed by atoms with Crippen molar-refractivity contribution in [1.29, 1.82) is 0 Å². The Balaban J connectivity index is 2.17. The fourth-order valence-electron chi connectivity index (χ4n) is 2.81. The molecule has 2 heterocycles. The molecule has 1 unspecified atom stereocenters. The Morgan fingerprint density at radius 2 is 2.19 bits per heavy atom. The van der Waals surface area contributed by atoms with Crippen molar-refractivity contribution in [1.82, 2.24) is 15.3 Å². The average molecular weight is 290 g/mol. The highest BCUT2D eigenvalue weighted by Crippen LogP contribution is 2.19. The first-order valence-corrected chi connectivity index (χ1v) is 8.44. The van der Waals surface area contributed by atoms with Crippen LogP contribution < -0.4 is 10.2 Å². The van der Waals surface area contributed by atoms with Gasteiger partial charge >= 0.3 is 0 Å². The Hall–Kier alpha value is -1.16. The minimum Gasteiger partial charge on any atom is -0.339 e. The van der Waals surface area contributed by atoms with E-state index in [2.05, 4.69) is 44.0 Å². The van der Waals surface area contributed by atoms with Gasteiger partial charge in [-0.2, -0.15) is 0 Å². The van der Waals surface area contributed by atoms with Crippen molar-refractivity contribution in [3.63, 3.8) is 0 Å². The highest BCUT2D eigenvalue weighted by molar-refractivity contribution is 5.33. The standard InChI is InChI=1S/C17H30N4/c1-5-6-10-21(12-15-8-7-9-18-15)17-19-14(4)11-16(20-17)13(2)3/h11,13,15,18H,5-10,12H2,1-4H3. The quantitative estimate of drug-likeness (QED) is 0.837. The second-order valence-electron chi connectivity index (χ2n) is 6.48. The van der Waals surface area contributed by atoms with E-state index in [0.29, 0.717) is 12.0 Å². The van der Waals surface area contributed by atoms with E-state index in [1.807, 2.05) is 0 Å². The lowest BCUT2D eigenvalue weighted by molar-refractivity contribution is 0.563. The van der Waals surface area contributed by atoms with Crippen LogP contribution in [0.4, 0.5) is 5.95 Å². The molecule has 1 aromatic rings. The molecule has 4 heteroatoms. The van der Waals surface area contributed by atoms with Gasteiger partial charge in [-0.1, -0.05) is 27.2 Å². The molecular weight excluding hydrogens is 260 g/mol. The third-order valence-electron chi connectivity index (χ3n) is 4.12. The maximum absolute atomic E-state index is 4.82. The van der Waals surface area contributed by atoms with Gasteiger partial charge in [-0.15, -0.1) is 0 Å². The maximum Gasteiger partial charge on any atom is 0.225 e. The van der Waals surface area contributed by atoms with Crippen LogP contribution in [0.5, 0.6) is 0 Å². The fraction of sp³-hybridized carbons (Fsp3) is 0.765. The van der Waals surface area contributed by atoms with Crippen LogP contribution in [-0.2, 0) is 0 Å². The molecule has 1 aromatic heterocycles.